The van der Waals surface area contributed by atoms with Gasteiger partial charge in [-0.05, 0) is 28.8 Å². The summed E-state index contributed by atoms with van der Waals surface area (Å²) >= 11 is 0. The number of rotatable bonds is 13. The molecule has 1 fully saturated rings. The van der Waals surface area contributed by atoms with Gasteiger partial charge in [-0.1, -0.05) is 91.0 Å². The summed E-state index contributed by atoms with van der Waals surface area (Å²) in [5.41, 5.74) is 2.91. The van der Waals surface area contributed by atoms with Crippen molar-refractivity contribution < 1.29 is 33.4 Å². The molecule has 4 unspecified atom stereocenters. The van der Waals surface area contributed by atoms with Gasteiger partial charge < -0.3 is 23.7 Å². The average molecular weight is 570 g/mol. The molecule has 0 saturated carbocycles. The molecule has 1 saturated heterocycles. The number of esters is 1. The molecule has 0 radical (unpaired) electrons. The van der Waals surface area contributed by atoms with Crippen LogP contribution in [0.25, 0.3) is 0 Å². The van der Waals surface area contributed by atoms with Gasteiger partial charge in [-0.3, -0.25) is 10.1 Å². The molecule has 0 bridgehead atoms. The summed E-state index contributed by atoms with van der Waals surface area (Å²) in [7, 11) is 0. The van der Waals surface area contributed by atoms with E-state index in [1.807, 2.05) is 91.0 Å². The predicted molar refractivity (Wildman–Crippen MR) is 153 cm³/mol. The van der Waals surface area contributed by atoms with Crippen LogP contribution in [0, 0.1) is 10.1 Å². The molecular weight excluding hydrogens is 538 g/mol. The minimum atomic E-state index is -0.946. The topological polar surface area (TPSA) is 106 Å². The third-order valence-corrected chi connectivity index (χ3v) is 6.76. The van der Waals surface area contributed by atoms with Gasteiger partial charge in [0.2, 0.25) is 0 Å². The number of nitrogens with zero attached hydrogens (tertiary/aromatic N) is 1. The van der Waals surface area contributed by atoms with Gasteiger partial charge in [0.15, 0.2) is 12.4 Å². The van der Waals surface area contributed by atoms with Gasteiger partial charge in [0.05, 0.1) is 36.9 Å². The number of nitro benzene ring substituents is 1. The summed E-state index contributed by atoms with van der Waals surface area (Å²) in [5.74, 6) is -0.675. The maximum Gasteiger partial charge on any atom is 0.338 e. The largest absolute Gasteiger partial charge is 0.450 e. The SMILES string of the molecule is O=C(OC1C(OCc2ccccc2)OC(COCc2ccccc2)C1OCc1ccccc1)c1ccc([N+](=O)[O-])cc1. The molecule has 216 valence electrons. The number of non-ortho nitro benzene ring substituents is 1. The molecule has 0 aliphatic carbocycles. The van der Waals surface area contributed by atoms with Crippen molar-refractivity contribution in [3.63, 3.8) is 0 Å². The van der Waals surface area contributed by atoms with Gasteiger partial charge in [0.25, 0.3) is 5.69 Å². The van der Waals surface area contributed by atoms with Crippen LogP contribution in [0.2, 0.25) is 0 Å². The van der Waals surface area contributed by atoms with Crippen molar-refractivity contribution >= 4 is 11.7 Å². The quantitative estimate of drug-likeness (QED) is 0.112. The van der Waals surface area contributed by atoms with Gasteiger partial charge in [-0.2, -0.15) is 0 Å². The molecule has 9 heteroatoms. The van der Waals surface area contributed by atoms with Crippen molar-refractivity contribution in [3.8, 4) is 0 Å². The second kappa shape index (κ2) is 14.5. The van der Waals surface area contributed by atoms with Crippen LogP contribution in [0.1, 0.15) is 27.0 Å². The summed E-state index contributed by atoms with van der Waals surface area (Å²) in [6, 6.07) is 34.2. The fourth-order valence-corrected chi connectivity index (χ4v) is 4.58. The normalized spacial score (nSPS) is 19.8. The molecule has 4 atom stereocenters. The zero-order valence-electron chi connectivity index (χ0n) is 22.8. The minimum absolute atomic E-state index is 0.125. The summed E-state index contributed by atoms with van der Waals surface area (Å²) in [6.07, 6.45) is -3.21. The number of hydrogen-bond donors (Lipinski definition) is 0. The number of nitro groups is 1. The molecule has 1 aliphatic rings. The third kappa shape index (κ3) is 7.86. The van der Waals surface area contributed by atoms with Crippen molar-refractivity contribution in [2.24, 2.45) is 0 Å². The van der Waals surface area contributed by atoms with Gasteiger partial charge >= 0.3 is 5.97 Å². The lowest BCUT2D eigenvalue weighted by molar-refractivity contribution is -0.384. The molecule has 0 spiro atoms. The van der Waals surface area contributed by atoms with Crippen molar-refractivity contribution in [1.29, 1.82) is 0 Å². The Labute approximate surface area is 243 Å². The number of carbonyl (C=O) groups is 1. The molecule has 9 nitrogen and oxygen atoms in total. The van der Waals surface area contributed by atoms with Crippen LogP contribution in [0.3, 0.4) is 0 Å². The number of hydrogen-bond acceptors (Lipinski definition) is 8. The Balaban J connectivity index is 1.36. The first kappa shape index (κ1) is 29.1. The van der Waals surface area contributed by atoms with Crippen molar-refractivity contribution in [2.45, 2.75) is 44.4 Å². The van der Waals surface area contributed by atoms with Gasteiger partial charge in [-0.25, -0.2) is 4.79 Å². The maximum absolute atomic E-state index is 13.2. The van der Waals surface area contributed by atoms with E-state index in [-0.39, 0.29) is 31.1 Å². The third-order valence-electron chi connectivity index (χ3n) is 6.76. The second-order valence-electron chi connectivity index (χ2n) is 9.78. The monoisotopic (exact) mass is 569 g/mol. The second-order valence-corrected chi connectivity index (χ2v) is 9.78. The first-order chi connectivity index (χ1) is 20.6. The number of ether oxygens (including phenoxy) is 5. The van der Waals surface area contributed by atoms with E-state index >= 15 is 0 Å². The van der Waals surface area contributed by atoms with Crippen LogP contribution in [0.4, 0.5) is 5.69 Å². The number of benzene rings is 4. The highest BCUT2D eigenvalue weighted by Crippen LogP contribution is 2.31. The van der Waals surface area contributed by atoms with Crippen LogP contribution < -0.4 is 0 Å². The van der Waals surface area contributed by atoms with E-state index in [0.717, 1.165) is 16.7 Å². The lowest BCUT2D eigenvalue weighted by Crippen LogP contribution is -2.41. The molecule has 4 aromatic rings. The van der Waals surface area contributed by atoms with E-state index in [1.165, 1.54) is 24.3 Å². The molecular formula is C33H31NO8. The predicted octanol–water partition coefficient (Wildman–Crippen LogP) is 5.86. The highest BCUT2D eigenvalue weighted by molar-refractivity contribution is 5.89. The van der Waals surface area contributed by atoms with Crippen molar-refractivity contribution in [2.75, 3.05) is 6.61 Å². The lowest BCUT2D eigenvalue weighted by Gasteiger charge is -2.25. The first-order valence-corrected chi connectivity index (χ1v) is 13.6. The Morgan fingerprint density at radius 2 is 1.21 bits per heavy atom. The van der Waals surface area contributed by atoms with E-state index in [1.54, 1.807) is 0 Å². The Morgan fingerprint density at radius 1 is 0.690 bits per heavy atom. The Bertz CT molecular complexity index is 1420. The van der Waals surface area contributed by atoms with Crippen LogP contribution in [0.5, 0.6) is 0 Å². The fourth-order valence-electron chi connectivity index (χ4n) is 4.58. The molecule has 1 heterocycles. The molecule has 1 aliphatic heterocycles. The Hall–Kier alpha value is -4.41. The summed E-state index contributed by atoms with van der Waals surface area (Å²) in [5, 5.41) is 11.1. The van der Waals surface area contributed by atoms with Crippen LogP contribution in [-0.2, 0) is 43.5 Å². The lowest BCUT2D eigenvalue weighted by atomic mass is 10.1. The molecule has 4 aromatic carbocycles. The summed E-state index contributed by atoms with van der Waals surface area (Å²) in [6.45, 7) is 1.02. The highest BCUT2D eigenvalue weighted by Gasteiger charge is 2.49. The summed E-state index contributed by atoms with van der Waals surface area (Å²) in [4.78, 5) is 23.8. The van der Waals surface area contributed by atoms with Gasteiger partial charge in [0, 0.05) is 12.1 Å². The zero-order valence-corrected chi connectivity index (χ0v) is 22.8. The van der Waals surface area contributed by atoms with Gasteiger partial charge in [0.1, 0.15) is 12.2 Å². The molecule has 0 N–H and O–H groups in total. The van der Waals surface area contributed by atoms with E-state index in [0.29, 0.717) is 6.61 Å². The minimum Gasteiger partial charge on any atom is -0.450 e. The van der Waals surface area contributed by atoms with Crippen molar-refractivity contribution in [3.05, 3.63) is 148 Å². The Morgan fingerprint density at radius 3 is 1.76 bits per heavy atom. The molecule has 0 amide bonds. The van der Waals surface area contributed by atoms with E-state index < -0.39 is 35.5 Å². The average Bonchev–Trinajstić information content (AvgIpc) is 3.35. The highest BCUT2D eigenvalue weighted by atomic mass is 16.7. The molecule has 0 aromatic heterocycles. The van der Waals surface area contributed by atoms with Crippen molar-refractivity contribution in [1.82, 2.24) is 0 Å². The first-order valence-electron chi connectivity index (χ1n) is 13.6. The summed E-state index contributed by atoms with van der Waals surface area (Å²) < 4.78 is 30.7. The maximum atomic E-state index is 13.2. The van der Waals surface area contributed by atoms with Crippen LogP contribution in [-0.4, -0.2) is 42.1 Å². The Kier molecular flexibility index (Phi) is 10.0. The van der Waals surface area contributed by atoms with Gasteiger partial charge in [-0.15, -0.1) is 0 Å². The van der Waals surface area contributed by atoms with Crippen LogP contribution >= 0.6 is 0 Å². The van der Waals surface area contributed by atoms with E-state index in [9.17, 15) is 14.9 Å². The zero-order chi connectivity index (χ0) is 29.1. The molecule has 5 rings (SSSR count). The van der Waals surface area contributed by atoms with E-state index in [4.69, 9.17) is 23.7 Å². The number of carbonyl (C=O) groups excluding carboxylic acids is 1. The van der Waals surface area contributed by atoms with E-state index in [2.05, 4.69) is 0 Å². The standard InChI is InChI=1S/C33H31NO8/c35-32(27-16-18-28(19-17-27)34(36)37)42-31-30(39-21-25-12-6-2-7-13-25)29(23-38-20-24-10-4-1-5-11-24)41-33(31)40-22-26-14-8-3-9-15-26/h1-19,29-31,33H,20-23H2. The van der Waals surface area contributed by atoms with Crippen LogP contribution in [0.15, 0.2) is 115 Å². The fraction of sp³-hybridized carbons (Fsp3) is 0.242. The smallest absolute Gasteiger partial charge is 0.338 e. The molecule has 42 heavy (non-hydrogen) atoms.